The summed E-state index contributed by atoms with van der Waals surface area (Å²) in [4.78, 5) is 36.3. The molecule has 0 aromatic heterocycles. The van der Waals surface area contributed by atoms with E-state index in [4.69, 9.17) is 9.47 Å². The van der Waals surface area contributed by atoms with Crippen LogP contribution in [0.5, 0.6) is 11.5 Å². The van der Waals surface area contributed by atoms with Gasteiger partial charge in [0.05, 0.1) is 18.9 Å². The molecule has 0 aliphatic heterocycles. The van der Waals surface area contributed by atoms with Gasteiger partial charge in [0.25, 0.3) is 0 Å². The number of ether oxygens (including phenoxy) is 2. The van der Waals surface area contributed by atoms with Crippen LogP contribution < -0.4 is 20.2 Å². The Bertz CT molecular complexity index is 1210. The molecular formula is C24H20BrN3O5. The highest BCUT2D eigenvalue weighted by molar-refractivity contribution is 9.10. The first kappa shape index (κ1) is 23.7. The second-order valence-corrected chi connectivity index (χ2v) is 7.75. The Kier molecular flexibility index (Phi) is 7.93. The number of amides is 2. The predicted molar refractivity (Wildman–Crippen MR) is 128 cm³/mol. The van der Waals surface area contributed by atoms with Gasteiger partial charge in [0.2, 0.25) is 0 Å². The summed E-state index contributed by atoms with van der Waals surface area (Å²) in [6.45, 7) is 1.92. The largest absolute Gasteiger partial charge is 0.493 e. The normalized spacial score (nSPS) is 10.5. The van der Waals surface area contributed by atoms with E-state index in [-0.39, 0.29) is 5.75 Å². The van der Waals surface area contributed by atoms with E-state index in [0.717, 1.165) is 10.0 Å². The number of benzene rings is 3. The van der Waals surface area contributed by atoms with Gasteiger partial charge in [-0.15, -0.1) is 0 Å². The Hall–Kier alpha value is -3.98. The van der Waals surface area contributed by atoms with E-state index in [2.05, 4.69) is 31.8 Å². The Balaban J connectivity index is 1.60. The summed E-state index contributed by atoms with van der Waals surface area (Å²) in [6.07, 6.45) is 1.33. The van der Waals surface area contributed by atoms with Crippen molar-refractivity contribution in [2.24, 2.45) is 5.10 Å². The molecule has 2 N–H and O–H groups in total. The molecule has 8 nitrogen and oxygen atoms in total. The number of methoxy groups -OCH3 is 1. The van der Waals surface area contributed by atoms with E-state index < -0.39 is 17.8 Å². The third-order valence-corrected chi connectivity index (χ3v) is 4.84. The van der Waals surface area contributed by atoms with Crippen LogP contribution in [-0.2, 0) is 9.59 Å². The van der Waals surface area contributed by atoms with Gasteiger partial charge in [0, 0.05) is 10.2 Å². The Morgan fingerprint density at radius 3 is 2.39 bits per heavy atom. The van der Waals surface area contributed by atoms with Crippen molar-refractivity contribution in [3.8, 4) is 11.5 Å². The molecule has 0 aliphatic carbocycles. The quantitative estimate of drug-likeness (QED) is 0.171. The number of rotatable bonds is 6. The summed E-state index contributed by atoms with van der Waals surface area (Å²) in [5.74, 6) is -1.78. The number of nitrogens with one attached hydrogen (secondary N) is 2. The minimum atomic E-state index is -0.918. The number of aryl methyl sites for hydroxylation is 1. The van der Waals surface area contributed by atoms with Gasteiger partial charge in [0.15, 0.2) is 11.5 Å². The number of esters is 1. The molecule has 2 amide bonds. The van der Waals surface area contributed by atoms with Crippen molar-refractivity contribution in [2.75, 3.05) is 12.4 Å². The third-order valence-electron chi connectivity index (χ3n) is 4.35. The van der Waals surface area contributed by atoms with Crippen LogP contribution in [0.1, 0.15) is 21.5 Å². The second kappa shape index (κ2) is 11.1. The summed E-state index contributed by atoms with van der Waals surface area (Å²) in [5, 5.41) is 6.27. The molecule has 0 saturated heterocycles. The molecule has 0 unspecified atom stereocenters. The molecule has 3 aromatic rings. The molecule has 0 fully saturated rings. The maximum absolute atomic E-state index is 12.4. The van der Waals surface area contributed by atoms with Gasteiger partial charge in [-0.05, 0) is 61.0 Å². The summed E-state index contributed by atoms with van der Waals surface area (Å²) >= 11 is 3.31. The number of carbonyl (C=O) groups is 3. The Morgan fingerprint density at radius 1 is 0.939 bits per heavy atom. The van der Waals surface area contributed by atoms with Crippen LogP contribution in [0.2, 0.25) is 0 Å². The number of anilines is 1. The van der Waals surface area contributed by atoms with E-state index in [0.29, 0.717) is 22.6 Å². The zero-order valence-corrected chi connectivity index (χ0v) is 19.4. The smallest absolute Gasteiger partial charge is 0.343 e. The lowest BCUT2D eigenvalue weighted by Gasteiger charge is -2.10. The summed E-state index contributed by atoms with van der Waals surface area (Å²) in [5.41, 5.74) is 4.63. The van der Waals surface area contributed by atoms with Gasteiger partial charge in [0.1, 0.15) is 0 Å². The minimum Gasteiger partial charge on any atom is -0.493 e. The molecule has 3 rings (SSSR count). The molecule has 0 saturated carbocycles. The minimum absolute atomic E-state index is 0.223. The van der Waals surface area contributed by atoms with Crippen molar-refractivity contribution >= 4 is 45.6 Å². The predicted octanol–water partition coefficient (Wildman–Crippen LogP) is 4.07. The van der Waals surface area contributed by atoms with Gasteiger partial charge in [-0.2, -0.15) is 5.10 Å². The van der Waals surface area contributed by atoms with Gasteiger partial charge < -0.3 is 14.8 Å². The van der Waals surface area contributed by atoms with Crippen molar-refractivity contribution in [3.63, 3.8) is 0 Å². The fourth-order valence-electron chi connectivity index (χ4n) is 2.66. The maximum atomic E-state index is 12.4. The summed E-state index contributed by atoms with van der Waals surface area (Å²) < 4.78 is 11.5. The topological polar surface area (TPSA) is 106 Å². The number of hydrogen-bond donors (Lipinski definition) is 2. The average Bonchev–Trinajstić information content (AvgIpc) is 2.81. The van der Waals surface area contributed by atoms with Crippen LogP contribution in [0.4, 0.5) is 5.69 Å². The lowest BCUT2D eigenvalue weighted by Crippen LogP contribution is -2.32. The van der Waals surface area contributed by atoms with Crippen LogP contribution in [0.15, 0.2) is 76.3 Å². The number of nitrogens with zero attached hydrogens (tertiary/aromatic N) is 1. The van der Waals surface area contributed by atoms with Crippen LogP contribution in [0.25, 0.3) is 0 Å². The molecule has 9 heteroatoms. The zero-order valence-electron chi connectivity index (χ0n) is 17.8. The van der Waals surface area contributed by atoms with Gasteiger partial charge >= 0.3 is 17.8 Å². The van der Waals surface area contributed by atoms with Gasteiger partial charge in [-0.1, -0.05) is 39.7 Å². The monoisotopic (exact) mass is 509 g/mol. The Labute approximate surface area is 198 Å². The number of hydrazone groups is 1. The van der Waals surface area contributed by atoms with Crippen LogP contribution >= 0.6 is 15.9 Å². The van der Waals surface area contributed by atoms with E-state index >= 15 is 0 Å². The number of halogens is 1. The van der Waals surface area contributed by atoms with Crippen molar-refractivity contribution in [1.29, 1.82) is 0 Å². The standard InChI is InChI=1S/C24H20BrN3O5/c1-15-6-9-19(10-7-15)27-22(29)23(30)28-26-14-16-8-11-20(21(12-16)32-2)33-24(31)17-4-3-5-18(25)13-17/h3-14H,1-2H3,(H,27,29)(H,28,30)/b26-14+. The first-order valence-corrected chi connectivity index (χ1v) is 10.5. The molecule has 3 aromatic carbocycles. The highest BCUT2D eigenvalue weighted by Crippen LogP contribution is 2.28. The lowest BCUT2D eigenvalue weighted by atomic mass is 10.2. The van der Waals surface area contributed by atoms with E-state index in [1.54, 1.807) is 54.6 Å². The van der Waals surface area contributed by atoms with Crippen LogP contribution in [-0.4, -0.2) is 31.1 Å². The average molecular weight is 510 g/mol. The van der Waals surface area contributed by atoms with E-state index in [9.17, 15) is 14.4 Å². The molecule has 0 atom stereocenters. The van der Waals surface area contributed by atoms with Crippen LogP contribution in [0, 0.1) is 6.92 Å². The van der Waals surface area contributed by atoms with E-state index in [1.165, 1.54) is 13.3 Å². The van der Waals surface area contributed by atoms with Crippen molar-refractivity contribution in [3.05, 3.63) is 87.9 Å². The van der Waals surface area contributed by atoms with Crippen molar-refractivity contribution in [2.45, 2.75) is 6.92 Å². The molecular weight excluding hydrogens is 490 g/mol. The third kappa shape index (κ3) is 6.75. The summed E-state index contributed by atoms with van der Waals surface area (Å²) in [7, 11) is 1.43. The zero-order chi connectivity index (χ0) is 23.8. The van der Waals surface area contributed by atoms with Crippen molar-refractivity contribution in [1.82, 2.24) is 5.43 Å². The second-order valence-electron chi connectivity index (χ2n) is 6.83. The summed E-state index contributed by atoms with van der Waals surface area (Å²) in [6, 6.07) is 18.6. The number of hydrogen-bond acceptors (Lipinski definition) is 6. The van der Waals surface area contributed by atoms with Gasteiger partial charge in [-0.3, -0.25) is 9.59 Å². The van der Waals surface area contributed by atoms with Crippen LogP contribution in [0.3, 0.4) is 0 Å². The first-order valence-electron chi connectivity index (χ1n) is 9.72. The SMILES string of the molecule is COc1cc(/C=N/NC(=O)C(=O)Nc2ccc(C)cc2)ccc1OC(=O)c1cccc(Br)c1. The maximum Gasteiger partial charge on any atom is 0.343 e. The fourth-order valence-corrected chi connectivity index (χ4v) is 3.06. The molecule has 33 heavy (non-hydrogen) atoms. The van der Waals surface area contributed by atoms with Crippen molar-refractivity contribution < 1.29 is 23.9 Å². The molecule has 168 valence electrons. The van der Waals surface area contributed by atoms with Gasteiger partial charge in [-0.25, -0.2) is 10.2 Å². The molecule has 0 aliphatic rings. The highest BCUT2D eigenvalue weighted by atomic mass is 79.9. The fraction of sp³-hybridized carbons (Fsp3) is 0.0833. The molecule has 0 bridgehead atoms. The molecule has 0 heterocycles. The highest BCUT2D eigenvalue weighted by Gasteiger charge is 2.14. The molecule has 0 spiro atoms. The lowest BCUT2D eigenvalue weighted by molar-refractivity contribution is -0.136. The first-order chi connectivity index (χ1) is 15.9. The Morgan fingerprint density at radius 2 is 1.70 bits per heavy atom. The van der Waals surface area contributed by atoms with E-state index in [1.807, 2.05) is 19.1 Å². The molecule has 0 radical (unpaired) electrons. The number of carbonyl (C=O) groups excluding carboxylic acids is 3.